The van der Waals surface area contributed by atoms with Crippen molar-refractivity contribution in [1.82, 2.24) is 9.97 Å². The zero-order valence-corrected chi connectivity index (χ0v) is 17.2. The van der Waals surface area contributed by atoms with Crippen LogP contribution >= 0.6 is 0 Å². The fourth-order valence-electron chi connectivity index (χ4n) is 2.60. The molecule has 1 aromatic heterocycles. The Morgan fingerprint density at radius 3 is 2.63 bits per heavy atom. The third-order valence-corrected chi connectivity index (χ3v) is 4.55. The number of halogens is 2. The van der Waals surface area contributed by atoms with Crippen LogP contribution in [0.1, 0.15) is 6.92 Å². The molecule has 0 aliphatic rings. The van der Waals surface area contributed by atoms with Crippen molar-refractivity contribution >= 4 is 43.7 Å². The molecule has 158 valence electrons. The van der Waals surface area contributed by atoms with Crippen LogP contribution in [0.4, 0.5) is 26.0 Å². The van der Waals surface area contributed by atoms with Gasteiger partial charge in [-0.05, 0) is 25.1 Å². The number of fused-ring (bicyclic) bond motifs is 1. The van der Waals surface area contributed by atoms with Gasteiger partial charge in [0.2, 0.25) is 0 Å². The minimum absolute atomic E-state index is 0.00297. The minimum Gasteiger partial charge on any atom is -0.479 e. The lowest BCUT2D eigenvalue weighted by molar-refractivity contribution is -0.123. The molecule has 8 nitrogen and oxygen atoms in total. The second kappa shape index (κ2) is 8.19. The van der Waals surface area contributed by atoms with Crippen LogP contribution < -0.4 is 15.8 Å². The van der Waals surface area contributed by atoms with Gasteiger partial charge in [0.25, 0.3) is 5.91 Å². The fourth-order valence-corrected chi connectivity index (χ4v) is 3.22. The van der Waals surface area contributed by atoms with E-state index in [4.69, 9.17) is 10.5 Å². The standard InChI is InChI=1S/C19H19F2N5O3S/c1-10(18(22)27)29-16-6-11(20)4-5-14(16)25-19-17-13(21)7-12(26-30(2,3)28)8-15(17)23-9-24-19/h4-10H,1-3H3,(H2,22,27)(H,23,24,25)/t10-/m1/s1. The van der Waals surface area contributed by atoms with Crippen molar-refractivity contribution in [1.29, 1.82) is 0 Å². The molecule has 3 N–H and O–H groups in total. The summed E-state index contributed by atoms with van der Waals surface area (Å²) in [7, 11) is -2.49. The maximum Gasteiger partial charge on any atom is 0.258 e. The van der Waals surface area contributed by atoms with Gasteiger partial charge in [-0.3, -0.25) is 4.79 Å². The predicted molar refractivity (Wildman–Crippen MR) is 111 cm³/mol. The van der Waals surface area contributed by atoms with Gasteiger partial charge in [0, 0.05) is 34.4 Å². The molecule has 30 heavy (non-hydrogen) atoms. The predicted octanol–water partition coefficient (Wildman–Crippen LogP) is 3.26. The van der Waals surface area contributed by atoms with Crippen LogP contribution in [0.25, 0.3) is 10.9 Å². The average molecular weight is 435 g/mol. The number of rotatable bonds is 6. The van der Waals surface area contributed by atoms with Gasteiger partial charge in [0.15, 0.2) is 6.10 Å². The molecule has 2 aromatic carbocycles. The second-order valence-electron chi connectivity index (χ2n) is 6.74. The number of carbonyl (C=O) groups excluding carboxylic acids is 1. The highest BCUT2D eigenvalue weighted by molar-refractivity contribution is 7.92. The van der Waals surface area contributed by atoms with Gasteiger partial charge in [0.05, 0.1) is 22.3 Å². The molecule has 0 spiro atoms. The highest BCUT2D eigenvalue weighted by Gasteiger charge is 2.17. The molecule has 0 aliphatic carbocycles. The number of nitrogens with one attached hydrogen (secondary N) is 1. The van der Waals surface area contributed by atoms with E-state index in [0.717, 1.165) is 12.1 Å². The number of primary amides is 1. The van der Waals surface area contributed by atoms with Crippen molar-refractivity contribution in [2.24, 2.45) is 10.1 Å². The van der Waals surface area contributed by atoms with Gasteiger partial charge in [-0.25, -0.2) is 23.0 Å². The molecular weight excluding hydrogens is 416 g/mol. The molecule has 0 saturated carbocycles. The molecule has 3 rings (SSSR count). The van der Waals surface area contributed by atoms with E-state index < -0.39 is 33.4 Å². The van der Waals surface area contributed by atoms with Gasteiger partial charge >= 0.3 is 0 Å². The normalized spacial score (nSPS) is 12.4. The number of anilines is 2. The summed E-state index contributed by atoms with van der Waals surface area (Å²) in [6.07, 6.45) is 3.06. The molecule has 0 unspecified atom stereocenters. The highest BCUT2D eigenvalue weighted by atomic mass is 32.2. The molecule has 0 aliphatic heterocycles. The number of amides is 1. The van der Waals surface area contributed by atoms with E-state index in [1.54, 1.807) is 0 Å². The topological polar surface area (TPSA) is 120 Å². The number of aromatic nitrogens is 2. The van der Waals surface area contributed by atoms with Gasteiger partial charge in [0.1, 0.15) is 29.5 Å². The smallest absolute Gasteiger partial charge is 0.258 e. The van der Waals surface area contributed by atoms with Gasteiger partial charge in [-0.15, -0.1) is 0 Å². The second-order valence-corrected chi connectivity index (χ2v) is 9.29. The molecule has 11 heteroatoms. The summed E-state index contributed by atoms with van der Waals surface area (Å²) >= 11 is 0. The Balaban J connectivity index is 2.07. The number of carbonyl (C=O) groups is 1. The number of nitrogens with two attached hydrogens (primary N) is 1. The van der Waals surface area contributed by atoms with Crippen LogP contribution in [0.15, 0.2) is 41.0 Å². The van der Waals surface area contributed by atoms with Gasteiger partial charge in [-0.2, -0.15) is 4.36 Å². The maximum atomic E-state index is 14.8. The number of hydrogen-bond donors (Lipinski definition) is 2. The lowest BCUT2D eigenvalue weighted by Gasteiger charge is -2.17. The lowest BCUT2D eigenvalue weighted by atomic mass is 10.2. The number of nitrogens with zero attached hydrogens (tertiary/aromatic N) is 3. The van der Waals surface area contributed by atoms with Crippen LogP contribution in [0, 0.1) is 11.6 Å². The summed E-state index contributed by atoms with van der Waals surface area (Å²) in [4.78, 5) is 19.4. The van der Waals surface area contributed by atoms with Crippen LogP contribution in [0.5, 0.6) is 5.75 Å². The summed E-state index contributed by atoms with van der Waals surface area (Å²) in [6.45, 7) is 1.42. The average Bonchev–Trinajstić information content (AvgIpc) is 2.62. The molecule has 1 heterocycles. The first-order valence-corrected chi connectivity index (χ1v) is 11.0. The van der Waals surface area contributed by atoms with Crippen LogP contribution in [0.3, 0.4) is 0 Å². The van der Waals surface area contributed by atoms with Crippen molar-refractivity contribution in [2.45, 2.75) is 13.0 Å². The van der Waals surface area contributed by atoms with Crippen molar-refractivity contribution in [3.63, 3.8) is 0 Å². The summed E-state index contributed by atoms with van der Waals surface area (Å²) < 4.78 is 49.8. The maximum absolute atomic E-state index is 14.8. The van der Waals surface area contributed by atoms with Crippen molar-refractivity contribution in [2.75, 3.05) is 17.8 Å². The fraction of sp³-hybridized carbons (Fsp3) is 0.211. The van der Waals surface area contributed by atoms with E-state index in [1.807, 2.05) is 0 Å². The number of benzene rings is 2. The Morgan fingerprint density at radius 2 is 1.97 bits per heavy atom. The van der Waals surface area contributed by atoms with E-state index in [-0.39, 0.29) is 33.8 Å². The Morgan fingerprint density at radius 1 is 1.23 bits per heavy atom. The molecule has 0 radical (unpaired) electrons. The summed E-state index contributed by atoms with van der Waals surface area (Å²) in [5.74, 6) is -1.94. The van der Waals surface area contributed by atoms with Gasteiger partial charge in [-0.1, -0.05) is 0 Å². The van der Waals surface area contributed by atoms with Crippen LogP contribution in [-0.4, -0.2) is 38.7 Å². The number of hydrogen-bond acceptors (Lipinski definition) is 7. The van der Waals surface area contributed by atoms with E-state index in [2.05, 4.69) is 19.6 Å². The van der Waals surface area contributed by atoms with Crippen molar-refractivity contribution in [3.05, 3.63) is 48.3 Å². The van der Waals surface area contributed by atoms with E-state index in [1.165, 1.54) is 44.0 Å². The van der Waals surface area contributed by atoms with Crippen LogP contribution in [-0.2, 0) is 14.5 Å². The highest BCUT2D eigenvalue weighted by Crippen LogP contribution is 2.33. The van der Waals surface area contributed by atoms with E-state index >= 15 is 0 Å². The quantitative estimate of drug-likeness (QED) is 0.613. The Kier molecular flexibility index (Phi) is 5.83. The monoisotopic (exact) mass is 435 g/mol. The Bertz CT molecular complexity index is 1250. The first-order chi connectivity index (χ1) is 14.0. The SMILES string of the molecule is C[C@@H](Oc1cc(F)ccc1Nc1ncnc2cc(N=S(C)(C)=O)cc(F)c12)C(N)=O. The summed E-state index contributed by atoms with van der Waals surface area (Å²) in [6, 6.07) is 6.20. The zero-order valence-electron chi connectivity index (χ0n) is 16.3. The third kappa shape index (κ3) is 4.98. The summed E-state index contributed by atoms with van der Waals surface area (Å²) in [5, 5.41) is 2.92. The molecule has 1 atom stereocenters. The minimum atomic E-state index is -2.49. The Hall–Kier alpha value is -3.34. The molecular formula is C19H19F2N5O3S. The van der Waals surface area contributed by atoms with Crippen LogP contribution in [0.2, 0.25) is 0 Å². The summed E-state index contributed by atoms with van der Waals surface area (Å²) in [5.41, 5.74) is 5.85. The third-order valence-electron chi connectivity index (χ3n) is 3.90. The first kappa shape index (κ1) is 21.4. The molecule has 0 fully saturated rings. The first-order valence-electron chi connectivity index (χ1n) is 8.67. The molecule has 0 saturated heterocycles. The molecule has 1 amide bonds. The van der Waals surface area contributed by atoms with E-state index in [0.29, 0.717) is 0 Å². The van der Waals surface area contributed by atoms with Crippen molar-refractivity contribution < 1.29 is 22.5 Å². The zero-order chi connectivity index (χ0) is 22.1. The largest absolute Gasteiger partial charge is 0.479 e. The Labute approximate surface area is 171 Å². The molecule has 3 aromatic rings. The van der Waals surface area contributed by atoms with Gasteiger partial charge < -0.3 is 15.8 Å². The number of ether oxygens (including phenoxy) is 1. The lowest BCUT2D eigenvalue weighted by Crippen LogP contribution is -2.30. The van der Waals surface area contributed by atoms with E-state index in [9.17, 15) is 17.8 Å². The van der Waals surface area contributed by atoms with Crippen molar-refractivity contribution in [3.8, 4) is 5.75 Å². The molecule has 0 bridgehead atoms.